The lowest BCUT2D eigenvalue weighted by atomic mass is 10.3. The van der Waals surface area contributed by atoms with Crippen LogP contribution in [0.2, 0.25) is 0 Å². The Labute approximate surface area is 59.3 Å². The van der Waals surface area contributed by atoms with Crippen molar-refractivity contribution in [3.05, 3.63) is 23.8 Å². The van der Waals surface area contributed by atoms with E-state index in [4.69, 9.17) is 5.73 Å². The molecule has 0 bridgehead atoms. The lowest BCUT2D eigenvalue weighted by Gasteiger charge is -1.93. The van der Waals surface area contributed by atoms with Crippen LogP contribution in [0.1, 0.15) is 11.4 Å². The van der Waals surface area contributed by atoms with Crippen molar-refractivity contribution in [2.24, 2.45) is 5.73 Å². The summed E-state index contributed by atoms with van der Waals surface area (Å²) < 4.78 is 0. The summed E-state index contributed by atoms with van der Waals surface area (Å²) in [5, 5.41) is 0. The molecule has 1 aliphatic carbocycles. The quantitative estimate of drug-likeness (QED) is 0.540. The Balaban J connectivity index is 2.42. The van der Waals surface area contributed by atoms with Crippen LogP contribution < -0.4 is 5.73 Å². The predicted molar refractivity (Wildman–Crippen MR) is 37.4 cm³/mol. The molecule has 52 valence electrons. The van der Waals surface area contributed by atoms with E-state index in [2.05, 4.69) is 9.97 Å². The summed E-state index contributed by atoms with van der Waals surface area (Å²) in [5.41, 5.74) is 7.86. The fraction of sp³-hybridized carbons (Fsp3) is 0.429. The smallest absolute Gasteiger partial charge is 0.0634 e. The average molecular weight is 135 g/mol. The molecule has 0 saturated heterocycles. The predicted octanol–water partition coefficient (Wildman–Crippen LogP) is -0.0975. The molecule has 0 saturated carbocycles. The Morgan fingerprint density at radius 1 is 1.20 bits per heavy atom. The van der Waals surface area contributed by atoms with E-state index < -0.39 is 0 Å². The van der Waals surface area contributed by atoms with Gasteiger partial charge < -0.3 is 5.73 Å². The highest BCUT2D eigenvalue weighted by Crippen LogP contribution is 2.14. The van der Waals surface area contributed by atoms with Crippen molar-refractivity contribution in [2.75, 3.05) is 0 Å². The Morgan fingerprint density at radius 2 is 1.70 bits per heavy atom. The highest BCUT2D eigenvalue weighted by molar-refractivity contribution is 5.19. The molecule has 0 radical (unpaired) electrons. The molecule has 3 nitrogen and oxygen atoms in total. The standard InChI is InChI=1S/C7H9N3/c8-5-3-6-7(4-5)10-2-1-9-6/h1-2,5H,3-4,8H2. The molecule has 3 heteroatoms. The minimum Gasteiger partial charge on any atom is -0.327 e. The first-order chi connectivity index (χ1) is 4.86. The normalized spacial score (nSPS) is 17.3. The molecular weight excluding hydrogens is 126 g/mol. The molecule has 10 heavy (non-hydrogen) atoms. The molecule has 1 aromatic heterocycles. The zero-order chi connectivity index (χ0) is 6.97. The second-order valence-corrected chi connectivity index (χ2v) is 2.62. The van der Waals surface area contributed by atoms with Gasteiger partial charge in [-0.05, 0) is 0 Å². The maximum absolute atomic E-state index is 5.70. The molecular formula is C7H9N3. The maximum atomic E-state index is 5.70. The number of hydrogen-bond donors (Lipinski definition) is 1. The molecule has 0 aromatic carbocycles. The summed E-state index contributed by atoms with van der Waals surface area (Å²) in [7, 11) is 0. The fourth-order valence-electron chi connectivity index (χ4n) is 1.31. The van der Waals surface area contributed by atoms with E-state index in [1.165, 1.54) is 0 Å². The molecule has 0 aliphatic heterocycles. The first kappa shape index (κ1) is 5.80. The van der Waals surface area contributed by atoms with Gasteiger partial charge in [0, 0.05) is 31.3 Å². The summed E-state index contributed by atoms with van der Waals surface area (Å²) in [6.07, 6.45) is 5.22. The van der Waals surface area contributed by atoms with E-state index in [0.29, 0.717) is 0 Å². The number of rotatable bonds is 0. The summed E-state index contributed by atoms with van der Waals surface area (Å²) in [6, 6.07) is 0.248. The van der Waals surface area contributed by atoms with Crippen LogP contribution >= 0.6 is 0 Å². The number of fused-ring (bicyclic) bond motifs is 1. The molecule has 1 aliphatic rings. The number of nitrogens with two attached hydrogens (primary N) is 1. The van der Waals surface area contributed by atoms with E-state index in [0.717, 1.165) is 24.2 Å². The number of aromatic nitrogens is 2. The van der Waals surface area contributed by atoms with E-state index >= 15 is 0 Å². The van der Waals surface area contributed by atoms with Crippen LogP contribution in [0.4, 0.5) is 0 Å². The van der Waals surface area contributed by atoms with Crippen LogP contribution in [-0.4, -0.2) is 16.0 Å². The summed E-state index contributed by atoms with van der Waals surface area (Å²) >= 11 is 0. The second kappa shape index (κ2) is 2.02. The zero-order valence-electron chi connectivity index (χ0n) is 5.62. The van der Waals surface area contributed by atoms with E-state index in [1.807, 2.05) is 0 Å². The molecule has 0 fully saturated rings. The topological polar surface area (TPSA) is 51.8 Å². The van der Waals surface area contributed by atoms with Crippen LogP contribution in [0.3, 0.4) is 0 Å². The highest BCUT2D eigenvalue weighted by Gasteiger charge is 2.19. The lowest BCUT2D eigenvalue weighted by Crippen LogP contribution is -2.19. The van der Waals surface area contributed by atoms with Gasteiger partial charge in [-0.2, -0.15) is 0 Å². The van der Waals surface area contributed by atoms with Gasteiger partial charge in [0.05, 0.1) is 11.4 Å². The van der Waals surface area contributed by atoms with E-state index in [-0.39, 0.29) is 6.04 Å². The largest absolute Gasteiger partial charge is 0.327 e. The van der Waals surface area contributed by atoms with Crippen molar-refractivity contribution in [3.63, 3.8) is 0 Å². The third-order valence-electron chi connectivity index (χ3n) is 1.77. The molecule has 2 N–H and O–H groups in total. The minimum atomic E-state index is 0.248. The Kier molecular flexibility index (Phi) is 1.17. The third kappa shape index (κ3) is 0.789. The van der Waals surface area contributed by atoms with E-state index in [9.17, 15) is 0 Å². The van der Waals surface area contributed by atoms with Gasteiger partial charge in [-0.1, -0.05) is 0 Å². The van der Waals surface area contributed by atoms with Gasteiger partial charge in [-0.25, -0.2) is 0 Å². The van der Waals surface area contributed by atoms with Crippen molar-refractivity contribution < 1.29 is 0 Å². The molecule has 0 atom stereocenters. The number of nitrogens with zero attached hydrogens (tertiary/aromatic N) is 2. The van der Waals surface area contributed by atoms with Crippen molar-refractivity contribution >= 4 is 0 Å². The first-order valence-corrected chi connectivity index (χ1v) is 3.40. The van der Waals surface area contributed by atoms with Crippen LogP contribution in [0.15, 0.2) is 12.4 Å². The summed E-state index contributed by atoms with van der Waals surface area (Å²) in [5.74, 6) is 0. The fourth-order valence-corrected chi connectivity index (χ4v) is 1.31. The van der Waals surface area contributed by atoms with Gasteiger partial charge >= 0.3 is 0 Å². The maximum Gasteiger partial charge on any atom is 0.0634 e. The van der Waals surface area contributed by atoms with Crippen LogP contribution in [0.5, 0.6) is 0 Å². The monoisotopic (exact) mass is 135 g/mol. The minimum absolute atomic E-state index is 0.248. The van der Waals surface area contributed by atoms with Crippen molar-refractivity contribution in [3.8, 4) is 0 Å². The Bertz CT molecular complexity index is 221. The van der Waals surface area contributed by atoms with Crippen LogP contribution in [0.25, 0.3) is 0 Å². The first-order valence-electron chi connectivity index (χ1n) is 3.40. The molecule has 2 rings (SSSR count). The van der Waals surface area contributed by atoms with Crippen LogP contribution in [0, 0.1) is 0 Å². The molecule has 0 spiro atoms. The SMILES string of the molecule is NC1Cc2nccnc2C1. The molecule has 0 unspecified atom stereocenters. The van der Waals surface area contributed by atoms with Gasteiger partial charge in [-0.15, -0.1) is 0 Å². The second-order valence-electron chi connectivity index (χ2n) is 2.62. The Morgan fingerprint density at radius 3 is 2.20 bits per heavy atom. The van der Waals surface area contributed by atoms with Gasteiger partial charge in [0.25, 0.3) is 0 Å². The van der Waals surface area contributed by atoms with Gasteiger partial charge in [0.2, 0.25) is 0 Å². The number of hydrogen-bond acceptors (Lipinski definition) is 3. The van der Waals surface area contributed by atoms with Crippen LogP contribution in [-0.2, 0) is 12.8 Å². The third-order valence-corrected chi connectivity index (χ3v) is 1.77. The molecule has 1 aromatic rings. The van der Waals surface area contributed by atoms with Crippen molar-refractivity contribution in [1.29, 1.82) is 0 Å². The highest BCUT2D eigenvalue weighted by atomic mass is 14.8. The van der Waals surface area contributed by atoms with Gasteiger partial charge in [0.1, 0.15) is 0 Å². The Hall–Kier alpha value is -0.960. The van der Waals surface area contributed by atoms with Gasteiger partial charge in [0.15, 0.2) is 0 Å². The molecule has 0 amide bonds. The molecule has 1 heterocycles. The van der Waals surface area contributed by atoms with Gasteiger partial charge in [-0.3, -0.25) is 9.97 Å². The summed E-state index contributed by atoms with van der Waals surface area (Å²) in [6.45, 7) is 0. The average Bonchev–Trinajstić information content (AvgIpc) is 2.27. The van der Waals surface area contributed by atoms with Crippen molar-refractivity contribution in [2.45, 2.75) is 18.9 Å². The lowest BCUT2D eigenvalue weighted by molar-refractivity contribution is 0.712. The summed E-state index contributed by atoms with van der Waals surface area (Å²) in [4.78, 5) is 8.33. The zero-order valence-corrected chi connectivity index (χ0v) is 5.62. The van der Waals surface area contributed by atoms with E-state index in [1.54, 1.807) is 12.4 Å². The van der Waals surface area contributed by atoms with Crippen molar-refractivity contribution in [1.82, 2.24) is 9.97 Å².